The first-order chi connectivity index (χ1) is 11.5. The number of carbonyl (C=O) groups excluding carboxylic acids is 1. The molecule has 1 amide bonds. The smallest absolute Gasteiger partial charge is 0.254 e. The van der Waals surface area contributed by atoms with Crippen LogP contribution in [0.2, 0.25) is 0 Å². The number of aromatic nitrogens is 1. The van der Waals surface area contributed by atoms with E-state index in [1.807, 2.05) is 24.3 Å². The standard InChI is InChI=1S/C18H16N2O4/c21-15-7-10(8-16(22)17(15)23)18(24)20-6-5-14-12(9-20)11-3-1-2-4-13(11)19-14/h1-4,7-8,19,21-23H,5-6,9H2. The molecule has 6 heteroatoms. The first-order valence-electron chi connectivity index (χ1n) is 7.67. The van der Waals surface area contributed by atoms with Crippen LogP contribution in [0.3, 0.4) is 0 Å². The topological polar surface area (TPSA) is 96.8 Å². The summed E-state index contributed by atoms with van der Waals surface area (Å²) in [4.78, 5) is 17.8. The van der Waals surface area contributed by atoms with Gasteiger partial charge in [0.05, 0.1) is 0 Å². The van der Waals surface area contributed by atoms with E-state index in [4.69, 9.17) is 0 Å². The predicted octanol–water partition coefficient (Wildman–Crippen LogP) is 2.48. The maximum Gasteiger partial charge on any atom is 0.254 e. The number of phenols is 3. The summed E-state index contributed by atoms with van der Waals surface area (Å²) >= 11 is 0. The lowest BCUT2D eigenvalue weighted by molar-refractivity contribution is 0.0734. The lowest BCUT2D eigenvalue weighted by atomic mass is 10.0. The van der Waals surface area contributed by atoms with Crippen LogP contribution in [0.5, 0.6) is 17.2 Å². The summed E-state index contributed by atoms with van der Waals surface area (Å²) in [6, 6.07) is 10.3. The van der Waals surface area contributed by atoms with Gasteiger partial charge in [0.2, 0.25) is 0 Å². The van der Waals surface area contributed by atoms with E-state index >= 15 is 0 Å². The Morgan fingerprint density at radius 2 is 1.79 bits per heavy atom. The highest BCUT2D eigenvalue weighted by Gasteiger charge is 2.25. The minimum Gasteiger partial charge on any atom is -0.504 e. The van der Waals surface area contributed by atoms with Crippen molar-refractivity contribution in [1.82, 2.24) is 9.88 Å². The van der Waals surface area contributed by atoms with Crippen molar-refractivity contribution in [2.75, 3.05) is 6.54 Å². The van der Waals surface area contributed by atoms with Crippen LogP contribution in [0.25, 0.3) is 10.9 Å². The number of aromatic amines is 1. The van der Waals surface area contributed by atoms with Crippen molar-refractivity contribution in [3.05, 3.63) is 53.2 Å². The average Bonchev–Trinajstić information content (AvgIpc) is 2.96. The van der Waals surface area contributed by atoms with Crippen LogP contribution in [0, 0.1) is 0 Å². The number of phenolic OH excluding ortho intramolecular Hbond substituents is 3. The van der Waals surface area contributed by atoms with Crippen molar-refractivity contribution < 1.29 is 20.1 Å². The van der Waals surface area contributed by atoms with E-state index in [0.29, 0.717) is 19.5 Å². The summed E-state index contributed by atoms with van der Waals surface area (Å²) in [6.07, 6.45) is 0.714. The number of para-hydroxylation sites is 1. The second kappa shape index (κ2) is 5.19. The molecule has 0 aliphatic carbocycles. The van der Waals surface area contributed by atoms with Gasteiger partial charge < -0.3 is 25.2 Å². The third-order valence-corrected chi connectivity index (χ3v) is 4.49. The number of carbonyl (C=O) groups is 1. The molecular weight excluding hydrogens is 308 g/mol. The molecule has 0 unspecified atom stereocenters. The third kappa shape index (κ3) is 2.15. The molecule has 0 radical (unpaired) electrons. The van der Waals surface area contributed by atoms with E-state index in [1.165, 1.54) is 12.1 Å². The summed E-state index contributed by atoms with van der Waals surface area (Å²) in [5, 5.41) is 29.7. The number of fused-ring (bicyclic) bond motifs is 3. The van der Waals surface area contributed by atoms with E-state index in [2.05, 4.69) is 4.98 Å². The largest absolute Gasteiger partial charge is 0.504 e. The summed E-state index contributed by atoms with van der Waals surface area (Å²) in [5.41, 5.74) is 3.43. The van der Waals surface area contributed by atoms with E-state index < -0.39 is 17.2 Å². The average molecular weight is 324 g/mol. The van der Waals surface area contributed by atoms with Gasteiger partial charge in [0.25, 0.3) is 5.91 Å². The van der Waals surface area contributed by atoms with Gasteiger partial charge in [0, 0.05) is 47.2 Å². The molecule has 0 atom stereocenters. The maximum absolute atomic E-state index is 12.7. The number of rotatable bonds is 1. The van der Waals surface area contributed by atoms with Crippen molar-refractivity contribution in [3.8, 4) is 17.2 Å². The number of nitrogens with zero attached hydrogens (tertiary/aromatic N) is 1. The van der Waals surface area contributed by atoms with Crippen molar-refractivity contribution >= 4 is 16.8 Å². The Hall–Kier alpha value is -3.15. The van der Waals surface area contributed by atoms with Crippen LogP contribution < -0.4 is 0 Å². The van der Waals surface area contributed by atoms with E-state index in [1.54, 1.807) is 4.90 Å². The molecule has 2 aromatic carbocycles. The molecular formula is C18H16N2O4. The summed E-state index contributed by atoms with van der Waals surface area (Å²) < 4.78 is 0. The Labute approximate surface area is 137 Å². The Morgan fingerprint density at radius 3 is 2.54 bits per heavy atom. The molecule has 0 saturated carbocycles. The number of nitrogens with one attached hydrogen (secondary N) is 1. The van der Waals surface area contributed by atoms with Gasteiger partial charge in [-0.3, -0.25) is 4.79 Å². The van der Waals surface area contributed by atoms with E-state index in [-0.39, 0.29) is 11.5 Å². The zero-order valence-corrected chi connectivity index (χ0v) is 12.8. The SMILES string of the molecule is O=C(c1cc(O)c(O)c(O)c1)N1CCc2[nH]c3ccccc3c2C1. The highest BCUT2D eigenvalue weighted by molar-refractivity contribution is 5.96. The van der Waals surface area contributed by atoms with Gasteiger partial charge >= 0.3 is 0 Å². The monoisotopic (exact) mass is 324 g/mol. The molecule has 2 heterocycles. The number of aromatic hydroxyl groups is 3. The third-order valence-electron chi connectivity index (χ3n) is 4.49. The maximum atomic E-state index is 12.7. The quantitative estimate of drug-likeness (QED) is 0.517. The molecule has 1 aromatic heterocycles. The fourth-order valence-corrected chi connectivity index (χ4v) is 3.25. The van der Waals surface area contributed by atoms with Crippen molar-refractivity contribution in [2.24, 2.45) is 0 Å². The summed E-state index contributed by atoms with van der Waals surface area (Å²) in [5.74, 6) is -1.94. The van der Waals surface area contributed by atoms with Crippen LogP contribution in [0.4, 0.5) is 0 Å². The molecule has 0 fully saturated rings. The number of hydrogen-bond donors (Lipinski definition) is 4. The number of amides is 1. The van der Waals surface area contributed by atoms with Crippen molar-refractivity contribution in [2.45, 2.75) is 13.0 Å². The molecule has 1 aliphatic heterocycles. The number of benzene rings is 2. The Kier molecular flexibility index (Phi) is 3.13. The Balaban J connectivity index is 1.68. The zero-order valence-electron chi connectivity index (χ0n) is 12.8. The molecule has 4 N–H and O–H groups in total. The minimum atomic E-state index is -0.621. The Morgan fingerprint density at radius 1 is 1.08 bits per heavy atom. The molecule has 0 bridgehead atoms. The van der Waals surface area contributed by atoms with Gasteiger partial charge in [-0.15, -0.1) is 0 Å². The fourth-order valence-electron chi connectivity index (χ4n) is 3.25. The minimum absolute atomic E-state index is 0.145. The normalized spacial score (nSPS) is 13.9. The second-order valence-corrected chi connectivity index (χ2v) is 5.97. The second-order valence-electron chi connectivity index (χ2n) is 5.97. The molecule has 1 aliphatic rings. The molecule has 122 valence electrons. The van der Waals surface area contributed by atoms with Crippen LogP contribution in [-0.2, 0) is 13.0 Å². The van der Waals surface area contributed by atoms with Crippen LogP contribution >= 0.6 is 0 Å². The molecule has 6 nitrogen and oxygen atoms in total. The van der Waals surface area contributed by atoms with Crippen molar-refractivity contribution in [3.63, 3.8) is 0 Å². The lowest BCUT2D eigenvalue weighted by Crippen LogP contribution is -2.35. The van der Waals surface area contributed by atoms with E-state index in [9.17, 15) is 20.1 Å². The van der Waals surface area contributed by atoms with Gasteiger partial charge in [-0.05, 0) is 18.2 Å². The first-order valence-corrected chi connectivity index (χ1v) is 7.67. The van der Waals surface area contributed by atoms with Gasteiger partial charge in [-0.25, -0.2) is 0 Å². The first kappa shape index (κ1) is 14.4. The molecule has 0 saturated heterocycles. The predicted molar refractivity (Wildman–Crippen MR) is 88.2 cm³/mol. The molecule has 3 aromatic rings. The molecule has 0 spiro atoms. The highest BCUT2D eigenvalue weighted by atomic mass is 16.3. The lowest BCUT2D eigenvalue weighted by Gasteiger charge is -2.27. The van der Waals surface area contributed by atoms with Crippen LogP contribution in [0.1, 0.15) is 21.6 Å². The molecule has 24 heavy (non-hydrogen) atoms. The van der Waals surface area contributed by atoms with Gasteiger partial charge in [-0.1, -0.05) is 18.2 Å². The van der Waals surface area contributed by atoms with Crippen LogP contribution in [-0.4, -0.2) is 37.7 Å². The van der Waals surface area contributed by atoms with Crippen LogP contribution in [0.15, 0.2) is 36.4 Å². The number of H-pyrrole nitrogens is 1. The van der Waals surface area contributed by atoms with Gasteiger partial charge in [0.1, 0.15) is 0 Å². The fraction of sp³-hybridized carbons (Fsp3) is 0.167. The summed E-state index contributed by atoms with van der Waals surface area (Å²) in [7, 11) is 0. The zero-order chi connectivity index (χ0) is 16.8. The van der Waals surface area contributed by atoms with E-state index in [0.717, 1.165) is 22.2 Å². The van der Waals surface area contributed by atoms with Gasteiger partial charge in [0.15, 0.2) is 17.2 Å². The van der Waals surface area contributed by atoms with Gasteiger partial charge in [-0.2, -0.15) is 0 Å². The Bertz CT molecular complexity index is 938. The summed E-state index contributed by atoms with van der Waals surface area (Å²) in [6.45, 7) is 1.00. The number of hydrogen-bond acceptors (Lipinski definition) is 4. The van der Waals surface area contributed by atoms with Crippen molar-refractivity contribution in [1.29, 1.82) is 0 Å². The highest BCUT2D eigenvalue weighted by Crippen LogP contribution is 2.36. The molecule has 4 rings (SSSR count).